The number of nitrogens with zero attached hydrogens (tertiary/aromatic N) is 3. The van der Waals surface area contributed by atoms with Crippen molar-refractivity contribution in [3.8, 4) is 5.75 Å². The molecule has 0 bridgehead atoms. The van der Waals surface area contributed by atoms with Crippen LogP contribution in [0.4, 0.5) is 0 Å². The number of pyridine rings is 1. The molecule has 6 rings (SSSR count). The first-order valence-corrected chi connectivity index (χ1v) is 19.7. The highest BCUT2D eigenvalue weighted by molar-refractivity contribution is 8.04. The molecule has 3 aliphatic heterocycles. The number of nitrogens with one attached hydrogen (secondary N) is 1. The van der Waals surface area contributed by atoms with E-state index < -0.39 is 14.6 Å². The van der Waals surface area contributed by atoms with Crippen molar-refractivity contribution in [3.63, 3.8) is 0 Å². The lowest BCUT2D eigenvalue weighted by Crippen LogP contribution is -2.54. The number of ether oxygens (including phenoxy) is 1. The second kappa shape index (κ2) is 12.2. The molecule has 0 saturated carbocycles. The highest BCUT2D eigenvalue weighted by atomic mass is 32.2. The van der Waals surface area contributed by atoms with Crippen LogP contribution in [0, 0.1) is 20.8 Å². The van der Waals surface area contributed by atoms with E-state index in [1.165, 1.54) is 39.6 Å². The summed E-state index contributed by atoms with van der Waals surface area (Å²) in [6.45, 7) is 23.3. The van der Waals surface area contributed by atoms with Gasteiger partial charge in [0.25, 0.3) is 5.91 Å². The van der Waals surface area contributed by atoms with Gasteiger partial charge in [0.05, 0.1) is 27.9 Å². The van der Waals surface area contributed by atoms with Crippen molar-refractivity contribution in [2.45, 2.75) is 115 Å². The molecule has 1 saturated heterocycles. The Labute approximate surface area is 274 Å². The fourth-order valence-electron chi connectivity index (χ4n) is 7.59. The number of piperidine rings is 1. The number of carbonyl (C=O) groups is 1. The molecule has 0 aliphatic carbocycles. The number of hydrogen-bond acceptors (Lipinski definition) is 6. The van der Waals surface area contributed by atoms with E-state index in [1.54, 1.807) is 0 Å². The third-order valence-corrected chi connectivity index (χ3v) is 11.8. The average molecular weight is 646 g/mol. The molecule has 5 heterocycles. The zero-order valence-electron chi connectivity index (χ0n) is 28.5. The van der Waals surface area contributed by atoms with Crippen LogP contribution in [-0.2, 0) is 21.1 Å². The zero-order chi connectivity index (χ0) is 32.3. The molecule has 1 N–H and O–H groups in total. The Balaban J connectivity index is 1.09. The largest absolute Gasteiger partial charge is 0.484 e. The van der Waals surface area contributed by atoms with Crippen molar-refractivity contribution in [2.24, 2.45) is 0 Å². The van der Waals surface area contributed by atoms with Gasteiger partial charge in [-0.2, -0.15) is 0 Å². The summed E-state index contributed by atoms with van der Waals surface area (Å²) < 4.78 is 15.9. The van der Waals surface area contributed by atoms with Gasteiger partial charge in [0, 0.05) is 44.1 Å². The lowest BCUT2D eigenvalue weighted by atomic mass is 9.75. The van der Waals surface area contributed by atoms with Crippen molar-refractivity contribution in [3.05, 3.63) is 62.8 Å². The molecule has 1 radical (unpaired) electrons. The van der Waals surface area contributed by atoms with Gasteiger partial charge in [-0.1, -0.05) is 38.6 Å². The minimum Gasteiger partial charge on any atom is -0.484 e. The third kappa shape index (κ3) is 6.25. The van der Waals surface area contributed by atoms with E-state index in [-0.39, 0.29) is 23.5 Å². The Bertz CT molecular complexity index is 1650. The number of benzene rings is 1. The van der Waals surface area contributed by atoms with Crippen molar-refractivity contribution < 1.29 is 14.0 Å². The van der Waals surface area contributed by atoms with E-state index in [1.807, 2.05) is 30.5 Å². The van der Waals surface area contributed by atoms with Crippen LogP contribution in [0.3, 0.4) is 0 Å². The second-order valence-electron chi connectivity index (χ2n) is 14.6. The maximum absolute atomic E-state index is 13.3. The van der Waals surface area contributed by atoms with Gasteiger partial charge in [0.1, 0.15) is 17.0 Å². The Morgan fingerprint density at radius 1 is 1.16 bits per heavy atom. The first-order chi connectivity index (χ1) is 21.2. The average Bonchev–Trinajstić information content (AvgIpc) is 3.40. The number of thioether (sulfide) groups is 1. The molecule has 2 aromatic heterocycles. The summed E-state index contributed by atoms with van der Waals surface area (Å²) in [6.07, 6.45) is 7.52. The zero-order valence-corrected chi connectivity index (χ0v) is 30.3. The minimum atomic E-state index is -0.913. The Morgan fingerprint density at radius 2 is 1.89 bits per heavy atom. The van der Waals surface area contributed by atoms with Gasteiger partial charge in [0.15, 0.2) is 0 Å². The van der Waals surface area contributed by atoms with Crippen LogP contribution in [0.15, 0.2) is 34.3 Å². The van der Waals surface area contributed by atoms with Gasteiger partial charge >= 0.3 is 0 Å². The number of aromatic nitrogens is 2. The van der Waals surface area contributed by atoms with Crippen LogP contribution in [0.25, 0.3) is 11.7 Å². The van der Waals surface area contributed by atoms with E-state index in [0.717, 1.165) is 72.3 Å². The molecule has 3 aromatic rings. The minimum absolute atomic E-state index is 0.0111. The number of rotatable bonds is 7. The predicted octanol–water partition coefficient (Wildman–Crippen LogP) is 7.00. The maximum Gasteiger partial charge on any atom is 0.258 e. The number of carbonyl (C=O) groups excluding carboxylic acids is 1. The first-order valence-electron chi connectivity index (χ1n) is 16.4. The molecule has 3 aliphatic rings. The molecule has 1 aromatic carbocycles. The highest BCUT2D eigenvalue weighted by Crippen LogP contribution is 2.46. The fourth-order valence-corrected chi connectivity index (χ4v) is 9.49. The van der Waals surface area contributed by atoms with Crippen LogP contribution in [0.5, 0.6) is 5.75 Å². The van der Waals surface area contributed by atoms with Gasteiger partial charge in [-0.3, -0.25) is 9.20 Å². The molecule has 1 amide bonds. The lowest BCUT2D eigenvalue weighted by molar-refractivity contribution is -0.117. The molecule has 2 atom stereocenters. The molecule has 2 unspecified atom stereocenters. The number of likely N-dealkylation sites (tertiary alicyclic amines) is 1. The highest BCUT2D eigenvalue weighted by Gasteiger charge is 2.44. The Kier molecular flexibility index (Phi) is 8.78. The number of amides is 1. The van der Waals surface area contributed by atoms with Gasteiger partial charge < -0.3 is 19.4 Å². The summed E-state index contributed by atoms with van der Waals surface area (Å²) in [5.41, 5.74) is 8.31. The van der Waals surface area contributed by atoms with E-state index in [0.29, 0.717) is 0 Å². The fraction of sp³-hybridized carbons (Fsp3) is 0.556. The summed E-state index contributed by atoms with van der Waals surface area (Å²) in [6, 6.07) is 6.21. The standard InChI is InChI=1S/C36H49N4O3SSi/c1-22-23(2)33-27(24(3)32(22)35(4,5)6)20-29(43-45(8)9)36(7,42-33)15-18-39-16-13-25(14-17-39)38-34(41)28-19-26-21-37-30-11-10-12-31(44-28)40(26)30/h10-12,19,21,25,29H,13-18,20H2,1-9H3,(H,38,41). The SMILES string of the molecule is Cc1c(C)c(C(C)(C)C)c(C)c2c1OC(C)(CCN1CCC(NC(=O)C3=Cc4cnc5cccc(n45)S3)CC1)C(O[Si](C)C)C2. The summed E-state index contributed by atoms with van der Waals surface area (Å²) in [5, 5.41) is 4.35. The smallest absolute Gasteiger partial charge is 0.258 e. The Hall–Kier alpha value is -2.59. The third-order valence-electron chi connectivity index (χ3n) is 10.00. The van der Waals surface area contributed by atoms with Crippen molar-refractivity contribution >= 4 is 38.4 Å². The molecular weight excluding hydrogens is 597 g/mol. The lowest BCUT2D eigenvalue weighted by Gasteiger charge is -2.46. The number of fused-ring (bicyclic) bond motifs is 1. The Morgan fingerprint density at radius 3 is 2.58 bits per heavy atom. The van der Waals surface area contributed by atoms with Gasteiger partial charge in [-0.05, 0) is 99.5 Å². The monoisotopic (exact) mass is 645 g/mol. The van der Waals surface area contributed by atoms with Crippen molar-refractivity contribution in [1.82, 2.24) is 19.6 Å². The summed E-state index contributed by atoms with van der Waals surface area (Å²) >= 11 is 1.52. The second-order valence-corrected chi connectivity index (χ2v) is 17.7. The molecule has 241 valence electrons. The molecule has 9 heteroatoms. The number of hydrogen-bond donors (Lipinski definition) is 1. The van der Waals surface area contributed by atoms with E-state index in [2.05, 4.69) is 81.2 Å². The van der Waals surface area contributed by atoms with Crippen molar-refractivity contribution in [2.75, 3.05) is 19.6 Å². The van der Waals surface area contributed by atoms with E-state index >= 15 is 0 Å². The quantitative estimate of drug-likeness (QED) is 0.279. The summed E-state index contributed by atoms with van der Waals surface area (Å²) in [7, 11) is -0.913. The first kappa shape index (κ1) is 32.4. The van der Waals surface area contributed by atoms with Gasteiger partial charge in [0.2, 0.25) is 9.04 Å². The molecule has 7 nitrogen and oxygen atoms in total. The normalized spacial score (nSPS) is 22.4. The van der Waals surface area contributed by atoms with Gasteiger partial charge in [-0.25, -0.2) is 4.98 Å². The van der Waals surface area contributed by atoms with Crippen LogP contribution in [0.2, 0.25) is 13.1 Å². The molecule has 45 heavy (non-hydrogen) atoms. The van der Waals surface area contributed by atoms with Gasteiger partial charge in [-0.15, -0.1) is 0 Å². The van der Waals surface area contributed by atoms with Crippen LogP contribution in [0.1, 0.15) is 80.5 Å². The summed E-state index contributed by atoms with van der Waals surface area (Å²) in [4.78, 5) is 21.0. The molecule has 1 fully saturated rings. The van der Waals surface area contributed by atoms with Crippen LogP contribution in [-0.4, -0.2) is 66.6 Å². The van der Waals surface area contributed by atoms with Crippen LogP contribution >= 0.6 is 11.8 Å². The molecule has 0 spiro atoms. The number of imidazole rings is 1. The van der Waals surface area contributed by atoms with E-state index in [9.17, 15) is 4.79 Å². The topological polar surface area (TPSA) is 68.1 Å². The maximum atomic E-state index is 13.3. The summed E-state index contributed by atoms with van der Waals surface area (Å²) in [5.74, 6) is 1.09. The van der Waals surface area contributed by atoms with Crippen molar-refractivity contribution in [1.29, 1.82) is 0 Å². The predicted molar refractivity (Wildman–Crippen MR) is 186 cm³/mol. The van der Waals surface area contributed by atoms with E-state index in [4.69, 9.17) is 9.16 Å². The molecular formula is C36H49N4O3SSi. The van der Waals surface area contributed by atoms with Crippen LogP contribution < -0.4 is 10.1 Å².